The van der Waals surface area contributed by atoms with Crippen LogP contribution in [-0.2, 0) is 0 Å². The first-order chi connectivity index (χ1) is 10.1. The third-order valence-corrected chi connectivity index (χ3v) is 4.99. The number of likely N-dealkylation sites (tertiary alicyclic amines) is 1. The highest BCUT2D eigenvalue weighted by Gasteiger charge is 2.32. The summed E-state index contributed by atoms with van der Waals surface area (Å²) in [6.07, 6.45) is 7.23. The minimum atomic E-state index is -0.329. The molecule has 0 spiro atoms. The number of hydrogen-bond acceptors (Lipinski definition) is 4. The SMILES string of the molecule is CCN1CCCC1CN(C)CCCC(C)(C#N)NC1CC1. The average Bonchev–Trinajstić information content (AvgIpc) is 3.15. The zero-order chi connectivity index (χ0) is 15.3. The predicted molar refractivity (Wildman–Crippen MR) is 87.2 cm³/mol. The van der Waals surface area contributed by atoms with Gasteiger partial charge >= 0.3 is 0 Å². The Balaban J connectivity index is 1.66. The van der Waals surface area contributed by atoms with E-state index < -0.39 is 0 Å². The molecule has 0 aromatic carbocycles. The maximum atomic E-state index is 9.39. The van der Waals surface area contributed by atoms with E-state index in [9.17, 15) is 5.26 Å². The molecule has 1 aliphatic carbocycles. The van der Waals surface area contributed by atoms with E-state index in [1.54, 1.807) is 0 Å². The van der Waals surface area contributed by atoms with E-state index in [4.69, 9.17) is 0 Å². The van der Waals surface area contributed by atoms with Gasteiger partial charge in [-0.2, -0.15) is 5.26 Å². The summed E-state index contributed by atoms with van der Waals surface area (Å²) in [4.78, 5) is 5.05. The Bertz CT molecular complexity index is 360. The van der Waals surface area contributed by atoms with Crippen molar-refractivity contribution in [2.45, 2.75) is 70.0 Å². The van der Waals surface area contributed by atoms with Crippen molar-refractivity contribution in [1.29, 1.82) is 5.26 Å². The molecule has 0 amide bonds. The molecule has 4 nitrogen and oxygen atoms in total. The van der Waals surface area contributed by atoms with Crippen LogP contribution in [0.4, 0.5) is 0 Å². The predicted octanol–water partition coefficient (Wildman–Crippen LogP) is 2.22. The van der Waals surface area contributed by atoms with E-state index in [0.717, 1.165) is 25.4 Å². The molecule has 1 heterocycles. The van der Waals surface area contributed by atoms with E-state index in [0.29, 0.717) is 6.04 Å². The van der Waals surface area contributed by atoms with Gasteiger partial charge in [0.25, 0.3) is 0 Å². The lowest BCUT2D eigenvalue weighted by Gasteiger charge is -2.29. The summed E-state index contributed by atoms with van der Waals surface area (Å²) in [7, 11) is 2.23. The smallest absolute Gasteiger partial charge is 0.104 e. The van der Waals surface area contributed by atoms with Crippen LogP contribution in [0.2, 0.25) is 0 Å². The van der Waals surface area contributed by atoms with Crippen LogP contribution in [0.3, 0.4) is 0 Å². The standard InChI is InChI=1S/C17H32N4/c1-4-21-12-5-7-16(21)13-20(3)11-6-10-17(2,14-18)19-15-8-9-15/h15-16,19H,4-13H2,1-3H3. The number of nitriles is 1. The van der Waals surface area contributed by atoms with Crippen LogP contribution in [0.15, 0.2) is 0 Å². The molecule has 1 aliphatic heterocycles. The molecule has 2 atom stereocenters. The lowest BCUT2D eigenvalue weighted by Crippen LogP contribution is -2.43. The lowest BCUT2D eigenvalue weighted by molar-refractivity contribution is 0.194. The van der Waals surface area contributed by atoms with Crippen molar-refractivity contribution in [2.75, 3.05) is 33.2 Å². The van der Waals surface area contributed by atoms with Gasteiger partial charge in [-0.25, -0.2) is 0 Å². The normalized spacial score (nSPS) is 26.0. The fourth-order valence-electron chi connectivity index (χ4n) is 3.51. The molecular formula is C17H32N4. The number of rotatable bonds is 9. The molecule has 120 valence electrons. The maximum absolute atomic E-state index is 9.39. The quantitative estimate of drug-likeness (QED) is 0.707. The summed E-state index contributed by atoms with van der Waals surface area (Å²) < 4.78 is 0. The number of nitrogens with zero attached hydrogens (tertiary/aromatic N) is 3. The molecule has 2 rings (SSSR count). The van der Waals surface area contributed by atoms with Gasteiger partial charge in [-0.05, 0) is 72.1 Å². The fraction of sp³-hybridized carbons (Fsp3) is 0.941. The molecule has 1 saturated heterocycles. The van der Waals surface area contributed by atoms with Gasteiger partial charge in [-0.1, -0.05) is 6.92 Å². The summed E-state index contributed by atoms with van der Waals surface area (Å²) in [5.74, 6) is 0. The van der Waals surface area contributed by atoms with E-state index in [-0.39, 0.29) is 5.54 Å². The molecule has 2 aliphatic rings. The van der Waals surface area contributed by atoms with Crippen molar-refractivity contribution in [1.82, 2.24) is 15.1 Å². The summed E-state index contributed by atoms with van der Waals surface area (Å²) >= 11 is 0. The van der Waals surface area contributed by atoms with Gasteiger partial charge in [0.2, 0.25) is 0 Å². The Morgan fingerprint density at radius 1 is 1.38 bits per heavy atom. The Hall–Kier alpha value is -0.630. The molecular weight excluding hydrogens is 260 g/mol. The van der Waals surface area contributed by atoms with Crippen LogP contribution in [0.1, 0.15) is 52.4 Å². The van der Waals surface area contributed by atoms with Gasteiger partial charge in [-0.3, -0.25) is 10.2 Å². The summed E-state index contributed by atoms with van der Waals surface area (Å²) in [5, 5.41) is 12.9. The van der Waals surface area contributed by atoms with Crippen molar-refractivity contribution in [3.8, 4) is 6.07 Å². The minimum Gasteiger partial charge on any atom is -0.305 e. The molecule has 4 heteroatoms. The molecule has 1 saturated carbocycles. The largest absolute Gasteiger partial charge is 0.305 e. The van der Waals surface area contributed by atoms with Crippen molar-refractivity contribution < 1.29 is 0 Å². The zero-order valence-corrected chi connectivity index (χ0v) is 14.1. The lowest BCUT2D eigenvalue weighted by atomic mass is 9.97. The topological polar surface area (TPSA) is 42.3 Å². The second-order valence-electron chi connectivity index (χ2n) is 7.15. The highest BCUT2D eigenvalue weighted by Crippen LogP contribution is 2.24. The van der Waals surface area contributed by atoms with Crippen LogP contribution in [0.5, 0.6) is 0 Å². The molecule has 2 fully saturated rings. The monoisotopic (exact) mass is 292 g/mol. The first kappa shape index (κ1) is 16.7. The zero-order valence-electron chi connectivity index (χ0n) is 14.1. The highest BCUT2D eigenvalue weighted by atomic mass is 15.2. The average molecular weight is 292 g/mol. The number of likely N-dealkylation sites (N-methyl/N-ethyl adjacent to an activating group) is 2. The molecule has 0 radical (unpaired) electrons. The third kappa shape index (κ3) is 5.25. The Morgan fingerprint density at radius 2 is 2.14 bits per heavy atom. The van der Waals surface area contributed by atoms with Crippen LogP contribution in [0.25, 0.3) is 0 Å². The summed E-state index contributed by atoms with van der Waals surface area (Å²) in [5.41, 5.74) is -0.329. The Labute approximate surface area is 130 Å². The molecule has 21 heavy (non-hydrogen) atoms. The van der Waals surface area contributed by atoms with Crippen LogP contribution in [-0.4, -0.2) is 60.6 Å². The Kier molecular flexibility index (Phi) is 6.04. The second-order valence-corrected chi connectivity index (χ2v) is 7.15. The van der Waals surface area contributed by atoms with Gasteiger partial charge < -0.3 is 4.90 Å². The van der Waals surface area contributed by atoms with Crippen molar-refractivity contribution in [2.24, 2.45) is 0 Å². The van der Waals surface area contributed by atoms with Crippen molar-refractivity contribution >= 4 is 0 Å². The van der Waals surface area contributed by atoms with Crippen LogP contribution >= 0.6 is 0 Å². The summed E-state index contributed by atoms with van der Waals surface area (Å²) in [6.45, 7) is 9.04. The van der Waals surface area contributed by atoms with E-state index in [2.05, 4.69) is 42.1 Å². The highest BCUT2D eigenvalue weighted by molar-refractivity contribution is 5.07. The van der Waals surface area contributed by atoms with E-state index in [1.165, 1.54) is 45.3 Å². The first-order valence-electron chi connectivity index (χ1n) is 8.68. The Morgan fingerprint density at radius 3 is 2.76 bits per heavy atom. The van der Waals surface area contributed by atoms with Crippen LogP contribution < -0.4 is 5.32 Å². The second kappa shape index (κ2) is 7.58. The first-order valence-corrected chi connectivity index (χ1v) is 8.68. The molecule has 0 bridgehead atoms. The van der Waals surface area contributed by atoms with E-state index >= 15 is 0 Å². The minimum absolute atomic E-state index is 0.329. The summed E-state index contributed by atoms with van der Waals surface area (Å²) in [6, 6.07) is 3.82. The molecule has 1 N–H and O–H groups in total. The molecule has 2 unspecified atom stereocenters. The van der Waals surface area contributed by atoms with Crippen molar-refractivity contribution in [3.63, 3.8) is 0 Å². The third-order valence-electron chi connectivity index (χ3n) is 4.99. The molecule has 0 aromatic rings. The molecule has 0 aromatic heterocycles. The fourth-order valence-corrected chi connectivity index (χ4v) is 3.51. The van der Waals surface area contributed by atoms with Gasteiger partial charge in [0.1, 0.15) is 5.54 Å². The van der Waals surface area contributed by atoms with Gasteiger partial charge in [0, 0.05) is 18.6 Å². The van der Waals surface area contributed by atoms with Gasteiger partial charge in [0.05, 0.1) is 6.07 Å². The van der Waals surface area contributed by atoms with Gasteiger partial charge in [-0.15, -0.1) is 0 Å². The number of hydrogen-bond donors (Lipinski definition) is 1. The maximum Gasteiger partial charge on any atom is 0.104 e. The van der Waals surface area contributed by atoms with Gasteiger partial charge in [0.15, 0.2) is 0 Å². The van der Waals surface area contributed by atoms with Crippen molar-refractivity contribution in [3.05, 3.63) is 0 Å². The van der Waals surface area contributed by atoms with E-state index in [1.807, 2.05) is 0 Å². The number of nitrogens with one attached hydrogen (secondary N) is 1. The van der Waals surface area contributed by atoms with Crippen LogP contribution in [0, 0.1) is 11.3 Å².